The van der Waals surface area contributed by atoms with Gasteiger partial charge in [0.25, 0.3) is 0 Å². The van der Waals surface area contributed by atoms with E-state index >= 15 is 0 Å². The Kier molecular flexibility index (Phi) is 7.56. The Hall–Kier alpha value is -2.56. The summed E-state index contributed by atoms with van der Waals surface area (Å²) in [5.74, 6) is 1.56. The molecule has 0 atom stereocenters. The van der Waals surface area contributed by atoms with Gasteiger partial charge in [-0.05, 0) is 42.9 Å². The van der Waals surface area contributed by atoms with Crippen LogP contribution in [0.2, 0.25) is 0 Å². The largest absolute Gasteiger partial charge is 0.507 e. The third-order valence-corrected chi connectivity index (χ3v) is 7.62. The molecule has 0 spiro atoms. The highest BCUT2D eigenvalue weighted by atomic mass is 16.5. The summed E-state index contributed by atoms with van der Waals surface area (Å²) in [5.41, 5.74) is 1.86. The van der Waals surface area contributed by atoms with Gasteiger partial charge in [-0.25, -0.2) is 0 Å². The van der Waals surface area contributed by atoms with Crippen molar-refractivity contribution in [2.45, 2.75) is 77.0 Å². The molecule has 3 aliphatic rings. The topological polar surface area (TPSA) is 72.8 Å². The number of ketones is 2. The molecule has 0 amide bonds. The minimum atomic E-state index is -0.196. The summed E-state index contributed by atoms with van der Waals surface area (Å²) in [4.78, 5) is 26.1. The number of hydrogen-bond acceptors (Lipinski definition) is 5. The van der Waals surface area contributed by atoms with E-state index in [1.165, 1.54) is 50.7 Å². The Bertz CT molecular complexity index is 959. The van der Waals surface area contributed by atoms with Crippen molar-refractivity contribution >= 4 is 17.1 Å². The lowest BCUT2D eigenvalue weighted by Crippen LogP contribution is -2.18. The van der Waals surface area contributed by atoms with Crippen LogP contribution in [0, 0.1) is 11.8 Å². The number of phenolic OH excluding ortho intramolecular Hbond substituents is 1. The van der Waals surface area contributed by atoms with Gasteiger partial charge in [0, 0.05) is 22.3 Å². The summed E-state index contributed by atoms with van der Waals surface area (Å²) in [5, 5.41) is 11.4. The zero-order valence-electron chi connectivity index (χ0n) is 20.0. The van der Waals surface area contributed by atoms with Crippen molar-refractivity contribution in [2.24, 2.45) is 11.8 Å². The number of phenols is 1. The molecule has 2 fully saturated rings. The molecule has 1 aromatic rings. The first-order chi connectivity index (χ1) is 16.0. The molecular formula is C28H36O5. The molecule has 33 heavy (non-hydrogen) atoms. The Balaban J connectivity index is 1.68. The predicted octanol–water partition coefficient (Wildman–Crippen LogP) is 5.96. The number of hydrogen-bond donors (Lipinski definition) is 1. The van der Waals surface area contributed by atoms with Crippen LogP contribution < -0.4 is 9.47 Å². The zero-order valence-corrected chi connectivity index (χ0v) is 20.0. The molecule has 4 rings (SSSR count). The van der Waals surface area contributed by atoms with E-state index in [9.17, 15) is 14.7 Å². The summed E-state index contributed by atoms with van der Waals surface area (Å²) in [6.07, 6.45) is 15.8. The Morgan fingerprint density at radius 2 is 1.45 bits per heavy atom. The lowest BCUT2D eigenvalue weighted by molar-refractivity contribution is -0.114. The molecule has 1 N–H and O–H groups in total. The maximum absolute atomic E-state index is 13.5. The van der Waals surface area contributed by atoms with E-state index in [1.807, 2.05) is 0 Å². The van der Waals surface area contributed by atoms with Crippen molar-refractivity contribution in [1.82, 2.24) is 0 Å². The first kappa shape index (κ1) is 23.6. The lowest BCUT2D eigenvalue weighted by atomic mass is 9.79. The number of benzene rings is 1. The molecule has 5 nitrogen and oxygen atoms in total. The highest BCUT2D eigenvalue weighted by Crippen LogP contribution is 2.46. The van der Waals surface area contributed by atoms with E-state index in [0.717, 1.165) is 25.7 Å². The van der Waals surface area contributed by atoms with Crippen LogP contribution in [-0.4, -0.2) is 30.9 Å². The summed E-state index contributed by atoms with van der Waals surface area (Å²) >= 11 is 0. The maximum Gasteiger partial charge on any atom is 0.190 e. The molecule has 0 radical (unpaired) electrons. The molecule has 178 valence electrons. The molecule has 2 saturated carbocycles. The molecular weight excluding hydrogens is 416 g/mol. The molecule has 5 heteroatoms. The van der Waals surface area contributed by atoms with Crippen LogP contribution in [0.5, 0.6) is 17.2 Å². The van der Waals surface area contributed by atoms with Gasteiger partial charge in [-0.2, -0.15) is 0 Å². The fourth-order valence-corrected chi connectivity index (χ4v) is 5.85. The minimum absolute atomic E-state index is 0.0320. The van der Waals surface area contributed by atoms with Crippen molar-refractivity contribution in [2.75, 3.05) is 14.2 Å². The molecule has 0 heterocycles. The van der Waals surface area contributed by atoms with Crippen LogP contribution in [0.1, 0.15) is 81.8 Å². The number of Topliss-reactive ketones (excluding diaryl/α,β-unsaturated/α-hetero) is 1. The van der Waals surface area contributed by atoms with Crippen LogP contribution in [-0.2, 0) is 16.0 Å². The maximum atomic E-state index is 13.5. The van der Waals surface area contributed by atoms with Crippen molar-refractivity contribution < 1.29 is 24.2 Å². The highest BCUT2D eigenvalue weighted by molar-refractivity contribution is 6.36. The fourth-order valence-electron chi connectivity index (χ4n) is 5.85. The van der Waals surface area contributed by atoms with E-state index in [2.05, 4.69) is 0 Å². The van der Waals surface area contributed by atoms with Crippen LogP contribution in [0.4, 0.5) is 0 Å². The minimum Gasteiger partial charge on any atom is -0.507 e. The third-order valence-electron chi connectivity index (χ3n) is 7.62. The van der Waals surface area contributed by atoms with Crippen molar-refractivity contribution in [3.05, 3.63) is 34.9 Å². The number of carbonyl (C=O) groups is 2. The predicted molar refractivity (Wildman–Crippen MR) is 129 cm³/mol. The number of allylic oxidation sites excluding steroid dienone is 4. The molecule has 1 aromatic carbocycles. The second-order valence-electron chi connectivity index (χ2n) is 9.86. The average molecular weight is 453 g/mol. The van der Waals surface area contributed by atoms with Gasteiger partial charge in [0.15, 0.2) is 23.1 Å². The molecule has 0 unspecified atom stereocenters. The number of methoxy groups -OCH3 is 2. The molecule has 0 saturated heterocycles. The number of rotatable bonds is 7. The highest BCUT2D eigenvalue weighted by Gasteiger charge is 2.31. The van der Waals surface area contributed by atoms with E-state index in [-0.39, 0.29) is 22.9 Å². The number of ether oxygens (including phenoxy) is 2. The molecule has 0 bridgehead atoms. The Morgan fingerprint density at radius 1 is 0.848 bits per heavy atom. The van der Waals surface area contributed by atoms with Gasteiger partial charge < -0.3 is 14.6 Å². The molecule has 0 aromatic heterocycles. The Morgan fingerprint density at radius 3 is 2.03 bits per heavy atom. The van der Waals surface area contributed by atoms with Crippen molar-refractivity contribution in [1.29, 1.82) is 0 Å². The first-order valence-corrected chi connectivity index (χ1v) is 12.5. The second-order valence-corrected chi connectivity index (χ2v) is 9.86. The van der Waals surface area contributed by atoms with Crippen molar-refractivity contribution in [3.63, 3.8) is 0 Å². The normalized spacial score (nSPS) is 20.4. The monoisotopic (exact) mass is 452 g/mol. The first-order valence-electron chi connectivity index (χ1n) is 12.5. The van der Waals surface area contributed by atoms with Gasteiger partial charge >= 0.3 is 0 Å². The molecule has 3 aliphatic carbocycles. The van der Waals surface area contributed by atoms with Crippen molar-refractivity contribution in [3.8, 4) is 17.2 Å². The number of carbonyl (C=O) groups excluding carboxylic acids is 2. The average Bonchev–Trinajstić information content (AvgIpc) is 2.83. The van der Waals surface area contributed by atoms with E-state index in [4.69, 9.17) is 9.47 Å². The quantitative estimate of drug-likeness (QED) is 0.517. The summed E-state index contributed by atoms with van der Waals surface area (Å²) < 4.78 is 11.2. The summed E-state index contributed by atoms with van der Waals surface area (Å²) in [7, 11) is 3.13. The van der Waals surface area contributed by atoms with Gasteiger partial charge in [-0.1, -0.05) is 64.2 Å². The lowest BCUT2D eigenvalue weighted by Gasteiger charge is -2.26. The van der Waals surface area contributed by atoms with Gasteiger partial charge in [-0.3, -0.25) is 9.59 Å². The van der Waals surface area contributed by atoms with Crippen LogP contribution in [0.15, 0.2) is 23.8 Å². The van der Waals surface area contributed by atoms with E-state index < -0.39 is 0 Å². The third kappa shape index (κ3) is 5.18. The Labute approximate surface area is 196 Å². The molecule has 0 aliphatic heterocycles. The van der Waals surface area contributed by atoms with E-state index in [0.29, 0.717) is 52.9 Å². The van der Waals surface area contributed by atoms with Gasteiger partial charge in [0.05, 0.1) is 14.2 Å². The smallest absolute Gasteiger partial charge is 0.190 e. The van der Waals surface area contributed by atoms with Crippen LogP contribution in [0.25, 0.3) is 5.57 Å². The van der Waals surface area contributed by atoms with Crippen LogP contribution >= 0.6 is 0 Å². The van der Waals surface area contributed by atoms with Gasteiger partial charge in [0.2, 0.25) is 0 Å². The van der Waals surface area contributed by atoms with Crippen LogP contribution in [0.3, 0.4) is 0 Å². The second kappa shape index (κ2) is 10.6. The standard InChI is InChI=1S/C28H36O5/c1-32-25-17-23(27(31)24(28(25)33-2)14-19-11-7-4-8-12-19)22-16-21(29)15-20(26(22)30)13-18-9-5-3-6-10-18/h15-19,31H,3-14H2,1-2H3. The van der Waals surface area contributed by atoms with Gasteiger partial charge in [0.1, 0.15) is 5.75 Å². The van der Waals surface area contributed by atoms with Gasteiger partial charge in [-0.15, -0.1) is 0 Å². The number of aromatic hydroxyl groups is 1. The fraction of sp³-hybridized carbons (Fsp3) is 0.571. The summed E-state index contributed by atoms with van der Waals surface area (Å²) in [6.45, 7) is 0. The summed E-state index contributed by atoms with van der Waals surface area (Å²) in [6, 6.07) is 1.64. The SMILES string of the molecule is COc1cc(C2=CC(=O)C=C(CC3CCCCC3)C2=O)c(O)c(CC2CCCCC2)c1OC. The van der Waals surface area contributed by atoms with E-state index in [1.54, 1.807) is 20.3 Å². The zero-order chi connectivity index (χ0) is 23.4.